The van der Waals surface area contributed by atoms with Gasteiger partial charge in [-0.25, -0.2) is 0 Å². The summed E-state index contributed by atoms with van der Waals surface area (Å²) in [6.07, 6.45) is 3.34. The van der Waals surface area contributed by atoms with Crippen LogP contribution in [0.5, 0.6) is 0 Å². The van der Waals surface area contributed by atoms with Crippen LogP contribution in [0.15, 0.2) is 0 Å². The third-order valence-electron chi connectivity index (χ3n) is 2.87. The van der Waals surface area contributed by atoms with Crippen LogP contribution >= 0.6 is 12.2 Å². The van der Waals surface area contributed by atoms with E-state index in [1.165, 1.54) is 12.8 Å². The van der Waals surface area contributed by atoms with Crippen LogP contribution in [0.3, 0.4) is 0 Å². The predicted molar refractivity (Wildman–Crippen MR) is 65.5 cm³/mol. The summed E-state index contributed by atoms with van der Waals surface area (Å²) < 4.78 is 0. The van der Waals surface area contributed by atoms with Crippen molar-refractivity contribution < 1.29 is 4.79 Å². The lowest BCUT2D eigenvalue weighted by atomic mass is 10.0. The molecule has 1 atom stereocenters. The molecule has 0 aromatic carbocycles. The average Bonchev–Trinajstić information content (AvgIpc) is 2.97. The summed E-state index contributed by atoms with van der Waals surface area (Å²) in [4.78, 5) is 14.3. The lowest BCUT2D eigenvalue weighted by Crippen LogP contribution is -2.41. The van der Waals surface area contributed by atoms with Gasteiger partial charge in [-0.05, 0) is 25.2 Å². The largest absolute Gasteiger partial charge is 0.392 e. The van der Waals surface area contributed by atoms with E-state index in [2.05, 4.69) is 6.92 Å². The summed E-state index contributed by atoms with van der Waals surface area (Å²) in [5.41, 5.74) is 5.49. The first-order valence-electron chi connectivity index (χ1n) is 5.63. The molecular weight excluding hydrogens is 208 g/mol. The van der Waals surface area contributed by atoms with Crippen LogP contribution in [0.2, 0.25) is 0 Å². The zero-order valence-corrected chi connectivity index (χ0v) is 10.3. The van der Waals surface area contributed by atoms with Crippen LogP contribution in [0.1, 0.15) is 33.1 Å². The van der Waals surface area contributed by atoms with E-state index in [1.54, 1.807) is 4.90 Å². The smallest absolute Gasteiger partial charge is 0.226 e. The van der Waals surface area contributed by atoms with E-state index in [9.17, 15) is 4.79 Å². The first-order valence-corrected chi connectivity index (χ1v) is 6.04. The normalized spacial score (nSPS) is 17.2. The number of carbonyl (C=O) groups excluding carboxylic acids is 1. The number of nitrogens with two attached hydrogens (primary N) is 1. The van der Waals surface area contributed by atoms with Crippen LogP contribution in [0.4, 0.5) is 0 Å². The van der Waals surface area contributed by atoms with Crippen molar-refractivity contribution in [2.24, 2.45) is 17.6 Å². The minimum Gasteiger partial charge on any atom is -0.392 e. The first-order chi connectivity index (χ1) is 7.06. The van der Waals surface area contributed by atoms with Crippen molar-refractivity contribution >= 4 is 23.1 Å². The second kappa shape index (κ2) is 5.45. The fourth-order valence-corrected chi connectivity index (χ4v) is 1.97. The van der Waals surface area contributed by atoms with Crippen LogP contribution in [-0.2, 0) is 4.79 Å². The molecule has 1 aliphatic carbocycles. The van der Waals surface area contributed by atoms with E-state index in [-0.39, 0.29) is 11.8 Å². The Morgan fingerprint density at radius 1 is 1.60 bits per heavy atom. The Bertz CT molecular complexity index is 251. The highest BCUT2D eigenvalue weighted by atomic mass is 32.1. The second-order valence-corrected chi connectivity index (χ2v) is 4.88. The Balaban J connectivity index is 2.52. The van der Waals surface area contributed by atoms with Crippen molar-refractivity contribution in [1.82, 2.24) is 4.90 Å². The maximum atomic E-state index is 12.1. The molecule has 0 heterocycles. The molecular formula is C11H20N2OS. The van der Waals surface area contributed by atoms with Crippen molar-refractivity contribution in [1.29, 1.82) is 0 Å². The van der Waals surface area contributed by atoms with Crippen LogP contribution in [0, 0.1) is 11.8 Å². The van der Waals surface area contributed by atoms with Gasteiger partial charge in [-0.1, -0.05) is 26.1 Å². The fourth-order valence-electron chi connectivity index (χ4n) is 1.81. The van der Waals surface area contributed by atoms with Crippen LogP contribution in [0.25, 0.3) is 0 Å². The van der Waals surface area contributed by atoms with Gasteiger partial charge in [0, 0.05) is 12.5 Å². The molecule has 0 aromatic rings. The van der Waals surface area contributed by atoms with E-state index in [4.69, 9.17) is 18.0 Å². The van der Waals surface area contributed by atoms with Gasteiger partial charge >= 0.3 is 0 Å². The summed E-state index contributed by atoms with van der Waals surface area (Å²) in [5.74, 6) is 0.959. The highest BCUT2D eigenvalue weighted by Crippen LogP contribution is 2.37. The highest BCUT2D eigenvalue weighted by molar-refractivity contribution is 7.80. The first kappa shape index (κ1) is 12.4. The molecule has 15 heavy (non-hydrogen) atoms. The monoisotopic (exact) mass is 228 g/mol. The molecule has 0 spiro atoms. The topological polar surface area (TPSA) is 46.3 Å². The highest BCUT2D eigenvalue weighted by Gasteiger charge is 2.34. The van der Waals surface area contributed by atoms with Crippen molar-refractivity contribution in [3.63, 3.8) is 0 Å². The summed E-state index contributed by atoms with van der Waals surface area (Å²) in [7, 11) is 0. The number of hydrogen-bond donors (Lipinski definition) is 1. The molecule has 0 saturated heterocycles. The molecule has 0 radical (unpaired) electrons. The van der Waals surface area contributed by atoms with Crippen molar-refractivity contribution in [3.05, 3.63) is 0 Å². The Hall–Kier alpha value is -0.640. The standard InChI is InChI=1S/C11H20N2OS/c1-3-6-13(7-10(12)15)11(14)8(2)9-4-5-9/h8-9H,3-7H2,1-2H3,(H2,12,15). The van der Waals surface area contributed by atoms with Crippen molar-refractivity contribution in [3.8, 4) is 0 Å². The molecule has 4 heteroatoms. The minimum absolute atomic E-state index is 0.144. The summed E-state index contributed by atoms with van der Waals surface area (Å²) in [6, 6.07) is 0. The Morgan fingerprint density at radius 3 is 2.60 bits per heavy atom. The number of amides is 1. The van der Waals surface area contributed by atoms with Gasteiger partial charge in [0.1, 0.15) is 0 Å². The molecule has 1 fully saturated rings. The second-order valence-electron chi connectivity index (χ2n) is 4.35. The van der Waals surface area contributed by atoms with Gasteiger partial charge in [0.05, 0.1) is 11.5 Å². The Morgan fingerprint density at radius 2 is 2.20 bits per heavy atom. The molecule has 0 bridgehead atoms. The van der Waals surface area contributed by atoms with Gasteiger partial charge in [-0.15, -0.1) is 0 Å². The zero-order valence-electron chi connectivity index (χ0n) is 9.53. The van der Waals surface area contributed by atoms with Gasteiger partial charge < -0.3 is 10.6 Å². The van der Waals surface area contributed by atoms with Gasteiger partial charge in [0.2, 0.25) is 5.91 Å². The molecule has 86 valence electrons. The van der Waals surface area contributed by atoms with Gasteiger partial charge in [0.15, 0.2) is 0 Å². The molecule has 1 unspecified atom stereocenters. The molecule has 0 aliphatic heterocycles. The maximum Gasteiger partial charge on any atom is 0.226 e. The summed E-state index contributed by atoms with van der Waals surface area (Å²) in [6.45, 7) is 5.26. The number of hydrogen-bond acceptors (Lipinski definition) is 2. The lowest BCUT2D eigenvalue weighted by Gasteiger charge is -2.24. The molecule has 1 amide bonds. The molecule has 1 saturated carbocycles. The van der Waals surface area contributed by atoms with Crippen LogP contribution in [-0.4, -0.2) is 28.9 Å². The number of carbonyl (C=O) groups is 1. The van der Waals surface area contributed by atoms with Gasteiger partial charge in [-0.3, -0.25) is 4.79 Å². The van der Waals surface area contributed by atoms with Gasteiger partial charge in [-0.2, -0.15) is 0 Å². The predicted octanol–water partition coefficient (Wildman–Crippen LogP) is 1.56. The summed E-state index contributed by atoms with van der Waals surface area (Å²) in [5, 5.41) is 0. The molecule has 0 aromatic heterocycles. The third-order valence-corrected chi connectivity index (χ3v) is 3.00. The molecule has 1 rings (SSSR count). The summed E-state index contributed by atoms with van der Waals surface area (Å²) >= 11 is 4.86. The Labute approximate surface area is 97.0 Å². The average molecular weight is 228 g/mol. The molecule has 3 nitrogen and oxygen atoms in total. The minimum atomic E-state index is 0.144. The van der Waals surface area contributed by atoms with E-state index in [1.807, 2.05) is 6.92 Å². The van der Waals surface area contributed by atoms with Crippen molar-refractivity contribution in [2.75, 3.05) is 13.1 Å². The molecule has 1 aliphatic rings. The Kier molecular flexibility index (Phi) is 4.51. The zero-order chi connectivity index (χ0) is 11.4. The van der Waals surface area contributed by atoms with E-state index in [0.29, 0.717) is 17.5 Å². The quantitative estimate of drug-likeness (QED) is 0.702. The number of thiocarbonyl (C=S) groups is 1. The third kappa shape index (κ3) is 3.78. The van der Waals surface area contributed by atoms with E-state index < -0.39 is 0 Å². The maximum absolute atomic E-state index is 12.1. The van der Waals surface area contributed by atoms with E-state index >= 15 is 0 Å². The van der Waals surface area contributed by atoms with Gasteiger partial charge in [0.25, 0.3) is 0 Å². The number of rotatable bonds is 6. The fraction of sp³-hybridized carbons (Fsp3) is 0.818. The SMILES string of the molecule is CCCN(CC(N)=S)C(=O)C(C)C1CC1. The lowest BCUT2D eigenvalue weighted by molar-refractivity contribution is -0.134. The number of nitrogens with zero attached hydrogens (tertiary/aromatic N) is 1. The van der Waals surface area contributed by atoms with E-state index in [0.717, 1.165) is 13.0 Å². The van der Waals surface area contributed by atoms with Crippen LogP contribution < -0.4 is 5.73 Å². The molecule has 2 N–H and O–H groups in total. The van der Waals surface area contributed by atoms with Crippen molar-refractivity contribution in [2.45, 2.75) is 33.1 Å².